The van der Waals surface area contributed by atoms with Crippen LogP contribution in [0.15, 0.2) is 64.1 Å². The predicted molar refractivity (Wildman–Crippen MR) is 125 cm³/mol. The SMILES string of the molecule is CCc1nc2ccccc2[nH]1.NCCc1nc2c[nH]c(=O)cc2o1.NCc1ncccc1F. The first-order chi connectivity index (χ1) is 16.0. The van der Waals surface area contributed by atoms with E-state index in [9.17, 15) is 9.18 Å². The standard InChI is InChI=1S/C9H10N2.C8H9N3O2.C6H7FN2/c1-2-9-10-7-5-3-4-6-8(7)11-9;9-2-1-8-11-5-4-10-7(12)3-6(5)13-8;7-5-2-1-3-9-6(5)4-8/h3-6H,2H2,1H3,(H,10,11);3-4H,1-2,9H2,(H,10,12);1-3H,4,8H2. The van der Waals surface area contributed by atoms with E-state index in [4.69, 9.17) is 15.9 Å². The molecule has 33 heavy (non-hydrogen) atoms. The van der Waals surface area contributed by atoms with Crippen LogP contribution < -0.4 is 17.0 Å². The number of rotatable bonds is 4. The number of hydrogen-bond donors (Lipinski definition) is 4. The van der Waals surface area contributed by atoms with E-state index in [-0.39, 0.29) is 17.9 Å². The molecule has 172 valence electrons. The number of aryl methyl sites for hydroxylation is 1. The van der Waals surface area contributed by atoms with Gasteiger partial charge in [0.1, 0.15) is 17.2 Å². The fraction of sp³-hybridized carbons (Fsp3) is 0.217. The maximum Gasteiger partial charge on any atom is 0.251 e. The summed E-state index contributed by atoms with van der Waals surface area (Å²) in [6, 6.07) is 12.3. The Hall–Kier alpha value is -3.89. The van der Waals surface area contributed by atoms with E-state index >= 15 is 0 Å². The van der Waals surface area contributed by atoms with Crippen LogP contribution in [0, 0.1) is 5.82 Å². The van der Waals surface area contributed by atoms with Gasteiger partial charge >= 0.3 is 0 Å². The third-order valence-corrected chi connectivity index (χ3v) is 4.50. The number of nitrogens with two attached hydrogens (primary N) is 2. The molecular weight excluding hydrogens is 425 g/mol. The van der Waals surface area contributed by atoms with Crippen molar-refractivity contribution in [1.29, 1.82) is 0 Å². The van der Waals surface area contributed by atoms with Crippen LogP contribution in [0.1, 0.15) is 24.3 Å². The summed E-state index contributed by atoms with van der Waals surface area (Å²) in [5, 5.41) is 0. The van der Waals surface area contributed by atoms with Crippen LogP contribution in [0.3, 0.4) is 0 Å². The molecular formula is C23H26FN7O2. The van der Waals surface area contributed by atoms with Gasteiger partial charge in [-0.05, 0) is 24.3 Å². The molecule has 9 nitrogen and oxygen atoms in total. The first-order valence-corrected chi connectivity index (χ1v) is 10.4. The maximum atomic E-state index is 12.4. The number of oxazole rings is 1. The molecule has 4 aromatic heterocycles. The van der Waals surface area contributed by atoms with Gasteiger partial charge in [0.05, 0.1) is 16.7 Å². The third-order valence-electron chi connectivity index (χ3n) is 4.50. The van der Waals surface area contributed by atoms with Gasteiger partial charge in [-0.1, -0.05) is 19.1 Å². The fourth-order valence-electron chi connectivity index (χ4n) is 2.87. The number of fused-ring (bicyclic) bond motifs is 2. The van der Waals surface area contributed by atoms with Crippen molar-refractivity contribution in [3.8, 4) is 0 Å². The van der Waals surface area contributed by atoms with E-state index in [1.807, 2.05) is 24.3 Å². The quantitative estimate of drug-likeness (QED) is 0.328. The smallest absolute Gasteiger partial charge is 0.251 e. The molecule has 10 heteroatoms. The van der Waals surface area contributed by atoms with Crippen LogP contribution in [0.5, 0.6) is 0 Å². The van der Waals surface area contributed by atoms with Crippen molar-refractivity contribution in [1.82, 2.24) is 24.9 Å². The highest BCUT2D eigenvalue weighted by Crippen LogP contribution is 2.12. The van der Waals surface area contributed by atoms with Crippen LogP contribution in [0.4, 0.5) is 4.39 Å². The minimum Gasteiger partial charge on any atom is -0.440 e. The third kappa shape index (κ3) is 6.55. The summed E-state index contributed by atoms with van der Waals surface area (Å²) in [5.41, 5.74) is 14.0. The molecule has 0 atom stereocenters. The van der Waals surface area contributed by atoms with E-state index in [0.29, 0.717) is 35.6 Å². The second-order valence-electron chi connectivity index (χ2n) is 6.88. The Balaban J connectivity index is 0.000000142. The molecule has 0 fully saturated rings. The molecule has 0 saturated carbocycles. The molecule has 0 bridgehead atoms. The molecule has 1 aromatic carbocycles. The molecule has 6 N–H and O–H groups in total. The second-order valence-corrected chi connectivity index (χ2v) is 6.88. The van der Waals surface area contributed by atoms with Gasteiger partial charge < -0.3 is 25.9 Å². The number of halogens is 1. The number of nitrogens with one attached hydrogen (secondary N) is 2. The predicted octanol–water partition coefficient (Wildman–Crippen LogP) is 2.82. The summed E-state index contributed by atoms with van der Waals surface area (Å²) >= 11 is 0. The van der Waals surface area contributed by atoms with Gasteiger partial charge in [-0.3, -0.25) is 9.78 Å². The largest absolute Gasteiger partial charge is 0.440 e. The zero-order chi connectivity index (χ0) is 23.6. The van der Waals surface area contributed by atoms with Crippen LogP contribution in [-0.2, 0) is 19.4 Å². The van der Waals surface area contributed by atoms with Gasteiger partial charge in [0.15, 0.2) is 11.5 Å². The van der Waals surface area contributed by atoms with E-state index in [1.165, 1.54) is 30.6 Å². The monoisotopic (exact) mass is 451 g/mol. The van der Waals surface area contributed by atoms with Crippen LogP contribution in [-0.4, -0.2) is 31.5 Å². The number of nitrogens with zero attached hydrogens (tertiary/aromatic N) is 3. The minimum absolute atomic E-state index is 0.159. The lowest BCUT2D eigenvalue weighted by Gasteiger charge is -1.93. The Morgan fingerprint density at radius 1 is 1.09 bits per heavy atom. The van der Waals surface area contributed by atoms with Gasteiger partial charge in [-0.2, -0.15) is 0 Å². The van der Waals surface area contributed by atoms with Gasteiger partial charge in [0.2, 0.25) is 0 Å². The normalized spacial score (nSPS) is 10.4. The highest BCUT2D eigenvalue weighted by atomic mass is 19.1. The van der Waals surface area contributed by atoms with Crippen LogP contribution in [0.2, 0.25) is 0 Å². The van der Waals surface area contributed by atoms with Gasteiger partial charge in [0, 0.05) is 44.4 Å². The first-order valence-electron chi connectivity index (χ1n) is 10.4. The summed E-state index contributed by atoms with van der Waals surface area (Å²) in [5.74, 6) is 1.29. The zero-order valence-corrected chi connectivity index (χ0v) is 18.2. The summed E-state index contributed by atoms with van der Waals surface area (Å²) < 4.78 is 17.7. The molecule has 5 aromatic rings. The average molecular weight is 452 g/mol. The lowest BCUT2D eigenvalue weighted by Crippen LogP contribution is -2.02. The van der Waals surface area contributed by atoms with E-state index in [0.717, 1.165) is 23.3 Å². The van der Waals surface area contributed by atoms with Gasteiger partial charge in [0.25, 0.3) is 5.56 Å². The maximum absolute atomic E-state index is 12.4. The van der Waals surface area contributed by atoms with Crippen molar-refractivity contribution in [3.63, 3.8) is 0 Å². The minimum atomic E-state index is -0.333. The lowest BCUT2D eigenvalue weighted by atomic mass is 10.3. The molecule has 0 saturated heterocycles. The Bertz CT molecular complexity index is 1330. The van der Waals surface area contributed by atoms with Crippen molar-refractivity contribution in [3.05, 3.63) is 88.4 Å². The van der Waals surface area contributed by atoms with E-state index < -0.39 is 0 Å². The molecule has 0 unspecified atom stereocenters. The Morgan fingerprint density at radius 2 is 1.91 bits per heavy atom. The molecule has 0 spiro atoms. The Labute approximate surface area is 189 Å². The summed E-state index contributed by atoms with van der Waals surface area (Å²) in [6.07, 6.45) is 4.60. The van der Waals surface area contributed by atoms with E-state index in [2.05, 4.69) is 31.8 Å². The van der Waals surface area contributed by atoms with Crippen molar-refractivity contribution in [2.24, 2.45) is 11.5 Å². The first kappa shape index (κ1) is 23.8. The van der Waals surface area contributed by atoms with Crippen molar-refractivity contribution >= 4 is 22.1 Å². The van der Waals surface area contributed by atoms with E-state index in [1.54, 1.807) is 0 Å². The van der Waals surface area contributed by atoms with Crippen LogP contribution in [0.25, 0.3) is 22.1 Å². The molecule has 4 heterocycles. The Kier molecular flexibility index (Phi) is 8.39. The number of aromatic amines is 2. The Morgan fingerprint density at radius 3 is 2.58 bits per heavy atom. The molecule has 5 rings (SSSR count). The summed E-state index contributed by atoms with van der Waals surface area (Å²) in [4.78, 5) is 28.8. The molecule has 0 amide bonds. The topological polar surface area (TPSA) is 152 Å². The van der Waals surface area contributed by atoms with Crippen molar-refractivity contribution in [2.45, 2.75) is 26.3 Å². The van der Waals surface area contributed by atoms with Gasteiger partial charge in [-0.25, -0.2) is 14.4 Å². The summed E-state index contributed by atoms with van der Waals surface area (Å²) in [7, 11) is 0. The highest BCUT2D eigenvalue weighted by molar-refractivity contribution is 5.74. The summed E-state index contributed by atoms with van der Waals surface area (Å²) in [6.45, 7) is 2.74. The number of aromatic nitrogens is 5. The number of para-hydroxylation sites is 2. The zero-order valence-electron chi connectivity index (χ0n) is 18.2. The van der Waals surface area contributed by atoms with Crippen LogP contribution >= 0.6 is 0 Å². The van der Waals surface area contributed by atoms with Crippen molar-refractivity contribution < 1.29 is 8.81 Å². The molecule has 0 radical (unpaired) electrons. The molecule has 0 aliphatic carbocycles. The lowest BCUT2D eigenvalue weighted by molar-refractivity contribution is 0.531. The van der Waals surface area contributed by atoms with Gasteiger partial charge in [-0.15, -0.1) is 0 Å². The number of H-pyrrole nitrogens is 2. The number of imidazole rings is 1. The highest BCUT2D eigenvalue weighted by Gasteiger charge is 2.04. The fourth-order valence-corrected chi connectivity index (χ4v) is 2.87. The average Bonchev–Trinajstić information content (AvgIpc) is 3.43. The number of hydrogen-bond acceptors (Lipinski definition) is 7. The molecule has 0 aliphatic heterocycles. The second kappa shape index (κ2) is 11.7. The number of pyridine rings is 2. The van der Waals surface area contributed by atoms with Crippen molar-refractivity contribution in [2.75, 3.05) is 6.54 Å². The number of benzene rings is 1. The molecule has 0 aliphatic rings.